The molecule has 10 nitrogen and oxygen atoms in total. The van der Waals surface area contributed by atoms with Crippen molar-refractivity contribution >= 4 is 21.8 Å². The van der Waals surface area contributed by atoms with Gasteiger partial charge in [0.1, 0.15) is 5.82 Å². The Morgan fingerprint density at radius 2 is 1.66 bits per heavy atom. The van der Waals surface area contributed by atoms with Crippen LogP contribution < -0.4 is 0 Å². The second-order valence-corrected chi connectivity index (χ2v) is 10.5. The van der Waals surface area contributed by atoms with Crippen LogP contribution in [0.2, 0.25) is 0 Å². The lowest BCUT2D eigenvalue weighted by Crippen LogP contribution is -2.53. The number of aromatic nitrogens is 2. The SMILES string of the molecule is CCN(CC)C(=O)CN1CCN(C(=O)C2CCN(S(=O)(=O)c3cn(C)c(C)n3)CC2)CC1. The van der Waals surface area contributed by atoms with E-state index in [4.69, 9.17) is 0 Å². The summed E-state index contributed by atoms with van der Waals surface area (Å²) >= 11 is 0. The second kappa shape index (κ2) is 10.3. The third kappa shape index (κ3) is 5.32. The Balaban J connectivity index is 1.48. The number of nitrogens with zero attached hydrogens (tertiary/aromatic N) is 6. The lowest BCUT2D eigenvalue weighted by molar-refractivity contribution is -0.139. The maximum absolute atomic E-state index is 13.0. The molecule has 11 heteroatoms. The zero-order valence-corrected chi connectivity index (χ0v) is 20.5. The molecular formula is C21H36N6O4S. The average Bonchev–Trinajstić information content (AvgIpc) is 3.14. The van der Waals surface area contributed by atoms with Crippen LogP contribution in [0.3, 0.4) is 0 Å². The molecule has 2 aliphatic heterocycles. The fraction of sp³-hybridized carbons (Fsp3) is 0.762. The van der Waals surface area contributed by atoms with Crippen molar-refractivity contribution in [3.63, 3.8) is 0 Å². The molecule has 2 saturated heterocycles. The minimum Gasteiger partial charge on any atom is -0.342 e. The predicted octanol–water partition coefficient (Wildman–Crippen LogP) is 0.142. The number of hydrogen-bond acceptors (Lipinski definition) is 6. The summed E-state index contributed by atoms with van der Waals surface area (Å²) in [4.78, 5) is 35.3. The van der Waals surface area contributed by atoms with E-state index in [9.17, 15) is 18.0 Å². The van der Waals surface area contributed by atoms with Crippen molar-refractivity contribution in [1.29, 1.82) is 0 Å². The van der Waals surface area contributed by atoms with Crippen molar-refractivity contribution < 1.29 is 18.0 Å². The van der Waals surface area contributed by atoms with Crippen LogP contribution in [0.5, 0.6) is 0 Å². The first-order valence-corrected chi connectivity index (χ1v) is 12.9. The van der Waals surface area contributed by atoms with Gasteiger partial charge in [0, 0.05) is 71.5 Å². The van der Waals surface area contributed by atoms with E-state index in [1.807, 2.05) is 23.6 Å². The molecule has 0 aliphatic carbocycles. The van der Waals surface area contributed by atoms with Crippen molar-refractivity contribution in [3.05, 3.63) is 12.0 Å². The van der Waals surface area contributed by atoms with E-state index in [-0.39, 0.29) is 22.8 Å². The Hall–Kier alpha value is -1.98. The van der Waals surface area contributed by atoms with Gasteiger partial charge in [0.25, 0.3) is 10.0 Å². The van der Waals surface area contributed by atoms with Crippen LogP contribution in [0.25, 0.3) is 0 Å². The van der Waals surface area contributed by atoms with Crippen molar-refractivity contribution in [2.45, 2.75) is 38.6 Å². The minimum atomic E-state index is -3.63. The zero-order valence-electron chi connectivity index (χ0n) is 19.7. The fourth-order valence-electron chi connectivity index (χ4n) is 4.38. The highest BCUT2D eigenvalue weighted by atomic mass is 32.2. The van der Waals surface area contributed by atoms with Gasteiger partial charge in [0.2, 0.25) is 11.8 Å². The molecule has 1 aromatic rings. The smallest absolute Gasteiger partial charge is 0.262 e. The summed E-state index contributed by atoms with van der Waals surface area (Å²) < 4.78 is 28.9. The van der Waals surface area contributed by atoms with Gasteiger partial charge >= 0.3 is 0 Å². The number of hydrogen-bond donors (Lipinski definition) is 0. The van der Waals surface area contributed by atoms with Crippen molar-refractivity contribution in [1.82, 2.24) is 28.6 Å². The largest absolute Gasteiger partial charge is 0.342 e. The normalized spacial score (nSPS) is 19.3. The number of carbonyl (C=O) groups excluding carboxylic acids is 2. The van der Waals surface area contributed by atoms with Gasteiger partial charge in [-0.1, -0.05) is 0 Å². The molecule has 0 unspecified atom stereocenters. The molecule has 0 N–H and O–H groups in total. The van der Waals surface area contributed by atoms with E-state index in [1.165, 1.54) is 10.5 Å². The molecule has 180 valence electrons. The van der Waals surface area contributed by atoms with E-state index in [0.717, 1.165) is 0 Å². The summed E-state index contributed by atoms with van der Waals surface area (Å²) in [5.74, 6) is 0.722. The molecule has 0 bridgehead atoms. The monoisotopic (exact) mass is 468 g/mol. The number of amides is 2. The Morgan fingerprint density at radius 3 is 2.16 bits per heavy atom. The first-order valence-electron chi connectivity index (χ1n) is 11.5. The van der Waals surface area contributed by atoms with Gasteiger partial charge in [0.05, 0.1) is 6.54 Å². The number of aryl methyl sites for hydroxylation is 2. The number of carbonyl (C=O) groups is 2. The molecule has 0 atom stereocenters. The summed E-state index contributed by atoms with van der Waals surface area (Å²) in [6, 6.07) is 0. The van der Waals surface area contributed by atoms with Crippen LogP contribution >= 0.6 is 0 Å². The number of sulfonamides is 1. The van der Waals surface area contributed by atoms with Crippen LogP contribution in [-0.4, -0.2) is 108 Å². The first-order chi connectivity index (χ1) is 15.2. The maximum atomic E-state index is 13.0. The van der Waals surface area contributed by atoms with Crippen molar-refractivity contribution in [2.75, 3.05) is 58.9 Å². The lowest BCUT2D eigenvalue weighted by Gasteiger charge is -2.38. The zero-order chi connectivity index (χ0) is 23.5. The van der Waals surface area contributed by atoms with Gasteiger partial charge in [-0.25, -0.2) is 13.4 Å². The van der Waals surface area contributed by atoms with E-state index in [0.29, 0.717) is 77.6 Å². The number of piperidine rings is 1. The Kier molecular flexibility index (Phi) is 7.94. The highest BCUT2D eigenvalue weighted by Gasteiger charge is 2.35. The third-order valence-corrected chi connectivity index (χ3v) is 8.42. The van der Waals surface area contributed by atoms with E-state index >= 15 is 0 Å². The van der Waals surface area contributed by atoms with Crippen molar-refractivity contribution in [3.8, 4) is 0 Å². The molecule has 2 amide bonds. The molecule has 0 saturated carbocycles. The van der Waals surface area contributed by atoms with Crippen LogP contribution in [0.15, 0.2) is 11.2 Å². The second-order valence-electron chi connectivity index (χ2n) is 8.58. The van der Waals surface area contributed by atoms with Crippen LogP contribution in [0.4, 0.5) is 0 Å². The summed E-state index contributed by atoms with van der Waals surface area (Å²) in [5.41, 5.74) is 0. The summed E-state index contributed by atoms with van der Waals surface area (Å²) in [6.07, 6.45) is 2.57. The maximum Gasteiger partial charge on any atom is 0.262 e. The quantitative estimate of drug-likeness (QED) is 0.565. The highest BCUT2D eigenvalue weighted by Crippen LogP contribution is 2.25. The number of imidazole rings is 1. The van der Waals surface area contributed by atoms with Gasteiger partial charge in [0.15, 0.2) is 5.03 Å². The van der Waals surface area contributed by atoms with Gasteiger partial charge in [-0.15, -0.1) is 0 Å². The number of piperazine rings is 1. The molecule has 2 aliphatic rings. The van der Waals surface area contributed by atoms with Crippen LogP contribution in [0.1, 0.15) is 32.5 Å². The third-order valence-electron chi connectivity index (χ3n) is 6.65. The number of rotatable bonds is 7. The molecular weight excluding hydrogens is 432 g/mol. The van der Waals surface area contributed by atoms with Crippen LogP contribution in [0, 0.1) is 12.8 Å². The Labute approximate surface area is 191 Å². The minimum absolute atomic E-state index is 0.0673. The van der Waals surface area contributed by atoms with Gasteiger partial charge in [-0.2, -0.15) is 4.31 Å². The van der Waals surface area contributed by atoms with Crippen LogP contribution in [-0.2, 0) is 26.7 Å². The topological polar surface area (TPSA) is 99.1 Å². The molecule has 0 aromatic carbocycles. The highest BCUT2D eigenvalue weighted by molar-refractivity contribution is 7.89. The van der Waals surface area contributed by atoms with E-state index < -0.39 is 10.0 Å². The lowest BCUT2D eigenvalue weighted by atomic mass is 9.96. The summed E-state index contributed by atoms with van der Waals surface area (Å²) in [6.45, 7) is 10.8. The van der Waals surface area contributed by atoms with Gasteiger partial charge < -0.3 is 14.4 Å². The first kappa shape index (κ1) is 24.7. The van der Waals surface area contributed by atoms with Gasteiger partial charge in [-0.3, -0.25) is 14.5 Å². The molecule has 3 rings (SSSR count). The molecule has 3 heterocycles. The molecule has 32 heavy (non-hydrogen) atoms. The Bertz CT molecular complexity index is 891. The Morgan fingerprint density at radius 1 is 1.06 bits per heavy atom. The average molecular weight is 469 g/mol. The van der Waals surface area contributed by atoms with Crippen molar-refractivity contribution in [2.24, 2.45) is 13.0 Å². The summed E-state index contributed by atoms with van der Waals surface area (Å²) in [7, 11) is -1.86. The standard InChI is InChI=1S/C21H36N6O4S/c1-5-25(6-2)20(28)16-24-11-13-26(14-12-24)21(29)18-7-9-27(10-8-18)32(30,31)19-15-23(4)17(3)22-19/h15,18H,5-14,16H2,1-4H3. The fourth-order valence-corrected chi connectivity index (χ4v) is 5.87. The molecule has 0 spiro atoms. The van der Waals surface area contributed by atoms with Gasteiger partial charge in [-0.05, 0) is 33.6 Å². The predicted molar refractivity (Wildman–Crippen MR) is 120 cm³/mol. The molecule has 2 fully saturated rings. The summed E-state index contributed by atoms with van der Waals surface area (Å²) in [5, 5.41) is 0.0673. The van der Waals surface area contributed by atoms with E-state index in [2.05, 4.69) is 9.88 Å². The molecule has 1 aromatic heterocycles. The molecule has 0 radical (unpaired) electrons. The van der Waals surface area contributed by atoms with E-state index in [1.54, 1.807) is 18.5 Å². The number of likely N-dealkylation sites (N-methyl/N-ethyl adjacent to an activating group) is 1.